The van der Waals surface area contributed by atoms with Crippen molar-refractivity contribution in [3.8, 4) is 12.3 Å². The minimum absolute atomic E-state index is 0.141. The molecule has 29 heavy (non-hydrogen) atoms. The van der Waals surface area contributed by atoms with Crippen molar-refractivity contribution in [1.82, 2.24) is 0 Å². The monoisotopic (exact) mass is 402 g/mol. The second kappa shape index (κ2) is 15.7. The second-order valence-corrected chi connectivity index (χ2v) is 7.03. The Hall–Kier alpha value is -2.23. The van der Waals surface area contributed by atoms with Crippen LogP contribution in [0.15, 0.2) is 46.7 Å². The van der Waals surface area contributed by atoms with Crippen molar-refractivity contribution in [1.29, 1.82) is 0 Å². The molecule has 1 rings (SSSR count). The fourth-order valence-electron chi connectivity index (χ4n) is 2.70. The molecule has 1 heterocycles. The molecule has 0 saturated carbocycles. The zero-order chi connectivity index (χ0) is 21.2. The van der Waals surface area contributed by atoms with Crippen molar-refractivity contribution in [3.05, 3.63) is 36.5 Å². The topological polar surface area (TPSA) is 91.5 Å². The van der Waals surface area contributed by atoms with Gasteiger partial charge in [-0.15, -0.1) is 12.3 Å². The highest BCUT2D eigenvalue weighted by Crippen LogP contribution is 2.38. The van der Waals surface area contributed by atoms with Crippen LogP contribution in [0.2, 0.25) is 0 Å². The summed E-state index contributed by atoms with van der Waals surface area (Å²) in [5.74, 6) is 2.27. The van der Waals surface area contributed by atoms with Crippen LogP contribution in [-0.2, 0) is 9.53 Å². The summed E-state index contributed by atoms with van der Waals surface area (Å²) in [6.07, 6.45) is 25.4. The van der Waals surface area contributed by atoms with E-state index in [0.29, 0.717) is 6.42 Å². The number of esters is 1. The van der Waals surface area contributed by atoms with Crippen LogP contribution in [-0.4, -0.2) is 41.2 Å². The van der Waals surface area contributed by atoms with Crippen molar-refractivity contribution in [2.24, 2.45) is 10.2 Å². The summed E-state index contributed by atoms with van der Waals surface area (Å²) in [5.41, 5.74) is -0.141. The van der Waals surface area contributed by atoms with Crippen LogP contribution in [0, 0.1) is 12.3 Å². The average molecular weight is 403 g/mol. The van der Waals surface area contributed by atoms with Gasteiger partial charge in [0.25, 0.3) is 0 Å². The lowest BCUT2D eigenvalue weighted by atomic mass is 10.0. The standard InChI is InChI=1S/C23H34N2O4/c1-2-3-14-17-23(24-25-23)18-15-12-10-8-6-4-5-7-9-11-13-16-22(28)29-21(19-26)20-27/h1,4,6-7,9-10,12,21,26-27H,3,5,8,11,13-20H2/b6-4-,9-7-,12-10-. The lowest BCUT2D eigenvalue weighted by molar-refractivity contribution is -0.153. The Balaban J connectivity index is 1.97. The third-order valence-corrected chi connectivity index (χ3v) is 4.49. The molecule has 0 atom stereocenters. The maximum absolute atomic E-state index is 11.5. The van der Waals surface area contributed by atoms with E-state index in [4.69, 9.17) is 21.4 Å². The molecule has 0 fully saturated rings. The summed E-state index contributed by atoms with van der Waals surface area (Å²) in [5, 5.41) is 26.1. The van der Waals surface area contributed by atoms with E-state index in [9.17, 15) is 4.79 Å². The van der Waals surface area contributed by atoms with Crippen LogP contribution in [0.25, 0.3) is 0 Å². The van der Waals surface area contributed by atoms with E-state index in [-0.39, 0.29) is 31.3 Å². The zero-order valence-corrected chi connectivity index (χ0v) is 17.2. The number of carbonyl (C=O) groups is 1. The molecule has 0 saturated heterocycles. The van der Waals surface area contributed by atoms with Gasteiger partial charge in [0.15, 0.2) is 5.66 Å². The number of ether oxygens (including phenoxy) is 1. The first kappa shape index (κ1) is 24.8. The fourth-order valence-corrected chi connectivity index (χ4v) is 2.70. The van der Waals surface area contributed by atoms with E-state index in [0.717, 1.165) is 51.4 Å². The third kappa shape index (κ3) is 12.8. The van der Waals surface area contributed by atoms with E-state index >= 15 is 0 Å². The molecule has 0 aromatic rings. The van der Waals surface area contributed by atoms with Crippen LogP contribution in [0.1, 0.15) is 64.2 Å². The lowest BCUT2D eigenvalue weighted by Gasteiger charge is -2.11. The lowest BCUT2D eigenvalue weighted by Crippen LogP contribution is -2.25. The third-order valence-electron chi connectivity index (χ3n) is 4.49. The van der Waals surface area contributed by atoms with Crippen LogP contribution in [0.3, 0.4) is 0 Å². The van der Waals surface area contributed by atoms with E-state index in [1.807, 2.05) is 6.08 Å². The number of allylic oxidation sites excluding steroid dienone is 6. The summed E-state index contributed by atoms with van der Waals surface area (Å²) >= 11 is 0. The molecule has 1 aliphatic heterocycles. The van der Waals surface area contributed by atoms with Crippen LogP contribution >= 0.6 is 0 Å². The predicted molar refractivity (Wildman–Crippen MR) is 114 cm³/mol. The SMILES string of the molecule is C#CCCCC1(CC/C=C\C/C=C\C/C=C\CCCC(=O)OC(CO)CO)N=N1. The molecular weight excluding hydrogens is 368 g/mol. The number of nitrogens with zero attached hydrogens (tertiary/aromatic N) is 2. The Labute approximate surface area is 174 Å². The van der Waals surface area contributed by atoms with Crippen LogP contribution in [0.5, 0.6) is 0 Å². The van der Waals surface area contributed by atoms with Gasteiger partial charge in [-0.05, 0) is 51.4 Å². The molecule has 6 heteroatoms. The molecule has 0 aromatic carbocycles. The summed E-state index contributed by atoms with van der Waals surface area (Å²) in [4.78, 5) is 11.5. The van der Waals surface area contributed by atoms with Gasteiger partial charge in [-0.25, -0.2) is 0 Å². The predicted octanol–water partition coefficient (Wildman–Crippen LogP) is 4.25. The molecule has 1 aliphatic rings. The van der Waals surface area contributed by atoms with Gasteiger partial charge in [0, 0.05) is 12.8 Å². The number of rotatable bonds is 17. The smallest absolute Gasteiger partial charge is 0.306 e. The normalized spacial score (nSPS) is 15.0. The Morgan fingerprint density at radius 2 is 1.59 bits per heavy atom. The number of terminal acetylenes is 1. The molecule has 0 unspecified atom stereocenters. The van der Waals surface area contributed by atoms with Gasteiger partial charge in [-0.2, -0.15) is 10.2 Å². The number of hydrogen-bond acceptors (Lipinski definition) is 6. The van der Waals surface area contributed by atoms with Crippen molar-refractivity contribution >= 4 is 5.97 Å². The Morgan fingerprint density at radius 1 is 0.966 bits per heavy atom. The molecule has 0 amide bonds. The molecule has 0 aliphatic carbocycles. The minimum atomic E-state index is -0.809. The quantitative estimate of drug-likeness (QED) is 0.165. The molecule has 2 N–H and O–H groups in total. The molecular formula is C23H34N2O4. The van der Waals surface area contributed by atoms with Gasteiger partial charge in [0.2, 0.25) is 0 Å². The second-order valence-electron chi connectivity index (χ2n) is 7.03. The first-order valence-corrected chi connectivity index (χ1v) is 10.4. The zero-order valence-electron chi connectivity index (χ0n) is 17.2. The van der Waals surface area contributed by atoms with Gasteiger partial charge < -0.3 is 14.9 Å². The maximum Gasteiger partial charge on any atom is 0.306 e. The van der Waals surface area contributed by atoms with Crippen molar-refractivity contribution in [3.63, 3.8) is 0 Å². The molecule has 0 spiro atoms. The number of hydrogen-bond donors (Lipinski definition) is 2. The van der Waals surface area contributed by atoms with Gasteiger partial charge in [-0.3, -0.25) is 4.79 Å². The van der Waals surface area contributed by atoms with E-state index in [1.54, 1.807) is 0 Å². The Bertz CT molecular complexity index is 607. The van der Waals surface area contributed by atoms with Crippen molar-refractivity contribution in [2.45, 2.75) is 76.0 Å². The fraction of sp³-hybridized carbons (Fsp3) is 0.609. The number of unbranched alkanes of at least 4 members (excludes halogenated alkanes) is 2. The largest absolute Gasteiger partial charge is 0.457 e. The highest BCUT2D eigenvalue weighted by atomic mass is 16.6. The Kier molecular flexibility index (Phi) is 13.4. The van der Waals surface area contributed by atoms with Crippen LogP contribution in [0.4, 0.5) is 0 Å². The van der Waals surface area contributed by atoms with Crippen molar-refractivity contribution < 1.29 is 19.7 Å². The van der Waals surface area contributed by atoms with E-state index < -0.39 is 6.10 Å². The van der Waals surface area contributed by atoms with Gasteiger partial charge in [0.05, 0.1) is 13.2 Å². The molecule has 0 aromatic heterocycles. The average Bonchev–Trinajstić information content (AvgIpc) is 3.49. The molecule has 6 nitrogen and oxygen atoms in total. The number of carbonyl (C=O) groups excluding carboxylic acids is 1. The van der Waals surface area contributed by atoms with Gasteiger partial charge in [-0.1, -0.05) is 36.5 Å². The van der Waals surface area contributed by atoms with E-state index in [2.05, 4.69) is 46.5 Å². The first-order chi connectivity index (χ1) is 14.2. The molecule has 0 bridgehead atoms. The molecule has 160 valence electrons. The summed E-state index contributed by atoms with van der Waals surface area (Å²) < 4.78 is 4.89. The summed E-state index contributed by atoms with van der Waals surface area (Å²) in [6.45, 7) is -0.716. The number of aliphatic hydroxyl groups is 2. The van der Waals surface area contributed by atoms with E-state index in [1.165, 1.54) is 0 Å². The minimum Gasteiger partial charge on any atom is -0.457 e. The number of aliphatic hydroxyl groups excluding tert-OH is 2. The maximum atomic E-state index is 11.5. The van der Waals surface area contributed by atoms with Crippen LogP contribution < -0.4 is 0 Å². The summed E-state index contributed by atoms with van der Waals surface area (Å²) in [7, 11) is 0. The van der Waals surface area contributed by atoms with Crippen molar-refractivity contribution in [2.75, 3.05) is 13.2 Å². The Morgan fingerprint density at radius 3 is 2.17 bits per heavy atom. The summed E-state index contributed by atoms with van der Waals surface area (Å²) in [6, 6.07) is 0. The highest BCUT2D eigenvalue weighted by molar-refractivity contribution is 5.69. The van der Waals surface area contributed by atoms with Gasteiger partial charge in [0.1, 0.15) is 6.10 Å². The van der Waals surface area contributed by atoms with Gasteiger partial charge >= 0.3 is 5.97 Å². The first-order valence-electron chi connectivity index (χ1n) is 10.4. The highest BCUT2D eigenvalue weighted by Gasteiger charge is 2.37. The molecule has 0 radical (unpaired) electrons.